The van der Waals surface area contributed by atoms with Crippen LogP contribution in [0.3, 0.4) is 0 Å². The van der Waals surface area contributed by atoms with Crippen LogP contribution in [0.25, 0.3) is 11.1 Å². The number of nitrogens with zero attached hydrogens (tertiary/aromatic N) is 1. The number of benzene rings is 1. The second kappa shape index (κ2) is 8.68. The molecule has 0 bridgehead atoms. The average Bonchev–Trinajstić information content (AvgIpc) is 2.56. The molecule has 0 spiro atoms. The molecule has 2 N–H and O–H groups in total. The molecule has 0 saturated carbocycles. The predicted octanol–water partition coefficient (Wildman–Crippen LogP) is 3.99. The summed E-state index contributed by atoms with van der Waals surface area (Å²) in [7, 11) is 0. The fourth-order valence-corrected chi connectivity index (χ4v) is 2.05. The highest BCUT2D eigenvalue weighted by atomic mass is 16.4. The normalized spacial score (nSPS) is 9.57. The highest BCUT2D eigenvalue weighted by Crippen LogP contribution is 2.25. The summed E-state index contributed by atoms with van der Waals surface area (Å²) in [5.74, 6) is -1.51. The van der Waals surface area contributed by atoms with Gasteiger partial charge in [-0.05, 0) is 23.6 Å². The summed E-state index contributed by atoms with van der Waals surface area (Å²) in [4.78, 5) is 26.3. The summed E-state index contributed by atoms with van der Waals surface area (Å²) in [5, 5.41) is 11.6. The van der Waals surface area contributed by atoms with E-state index in [0.717, 1.165) is 17.5 Å². The number of hydrogen-bond donors (Lipinski definition) is 2. The Morgan fingerprint density at radius 1 is 1.17 bits per heavy atom. The molecule has 1 aromatic carbocycles. The molecule has 23 heavy (non-hydrogen) atoms. The first-order valence-corrected chi connectivity index (χ1v) is 7.61. The summed E-state index contributed by atoms with van der Waals surface area (Å²) >= 11 is 0. The number of carbonyl (C=O) groups is 2. The van der Waals surface area contributed by atoms with E-state index in [-0.39, 0.29) is 17.3 Å². The second-order valence-corrected chi connectivity index (χ2v) is 4.66. The van der Waals surface area contributed by atoms with Crippen molar-refractivity contribution < 1.29 is 14.7 Å². The molecular weight excluding hydrogens is 292 g/mol. The van der Waals surface area contributed by atoms with E-state index in [2.05, 4.69) is 17.2 Å². The summed E-state index contributed by atoms with van der Waals surface area (Å²) < 4.78 is 0. The number of rotatable bonds is 4. The molecule has 0 aliphatic rings. The van der Waals surface area contributed by atoms with Gasteiger partial charge in [0.1, 0.15) is 0 Å². The van der Waals surface area contributed by atoms with Crippen molar-refractivity contribution in [3.8, 4) is 11.1 Å². The lowest BCUT2D eigenvalue weighted by molar-refractivity contribution is -0.114. The Morgan fingerprint density at radius 2 is 1.87 bits per heavy atom. The number of pyridine rings is 1. The maximum Gasteiger partial charge on any atom is 0.356 e. The highest BCUT2D eigenvalue weighted by molar-refractivity contribution is 5.99. The van der Waals surface area contributed by atoms with Crippen LogP contribution in [0, 0.1) is 0 Å². The smallest absolute Gasteiger partial charge is 0.356 e. The van der Waals surface area contributed by atoms with Crippen molar-refractivity contribution in [2.75, 3.05) is 5.32 Å². The molecule has 2 rings (SSSR count). The number of anilines is 1. The minimum Gasteiger partial charge on any atom is -0.476 e. The second-order valence-electron chi connectivity index (χ2n) is 4.66. The Bertz CT molecular complexity index is 696. The first-order chi connectivity index (χ1) is 11.0. The first kappa shape index (κ1) is 18.4. The lowest BCUT2D eigenvalue weighted by Gasteiger charge is -2.09. The lowest BCUT2D eigenvalue weighted by Crippen LogP contribution is -2.12. The van der Waals surface area contributed by atoms with Crippen LogP contribution in [-0.2, 0) is 11.2 Å². The number of carboxylic acids is 1. The average molecular weight is 314 g/mol. The molecule has 0 unspecified atom stereocenters. The molecule has 1 amide bonds. The number of aromatic nitrogens is 1. The molecule has 0 radical (unpaired) electrons. The van der Waals surface area contributed by atoms with Crippen LogP contribution in [0.2, 0.25) is 0 Å². The molecule has 0 saturated heterocycles. The fraction of sp³-hybridized carbons (Fsp3) is 0.278. The Labute approximate surface area is 136 Å². The van der Waals surface area contributed by atoms with Gasteiger partial charge in [-0.25, -0.2) is 9.78 Å². The molecule has 0 atom stereocenters. The molecule has 1 heterocycles. The van der Waals surface area contributed by atoms with E-state index in [1.807, 2.05) is 38.1 Å². The summed E-state index contributed by atoms with van der Waals surface area (Å²) in [6.07, 6.45) is 2.41. The number of aromatic carboxylic acids is 1. The van der Waals surface area contributed by atoms with Gasteiger partial charge in [0.15, 0.2) is 5.69 Å². The van der Waals surface area contributed by atoms with E-state index in [9.17, 15) is 9.59 Å². The van der Waals surface area contributed by atoms with Crippen LogP contribution >= 0.6 is 0 Å². The van der Waals surface area contributed by atoms with Crippen LogP contribution in [-0.4, -0.2) is 22.0 Å². The maximum atomic E-state index is 11.2. The minimum atomic E-state index is -1.17. The van der Waals surface area contributed by atoms with Crippen LogP contribution in [0.1, 0.15) is 43.7 Å². The molecule has 0 aliphatic heterocycles. The molecule has 2 aromatic rings. The van der Waals surface area contributed by atoms with Gasteiger partial charge in [-0.15, -0.1) is 0 Å². The Hall–Kier alpha value is -2.69. The molecule has 5 nitrogen and oxygen atoms in total. The third-order valence-electron chi connectivity index (χ3n) is 3.07. The van der Waals surface area contributed by atoms with Crippen molar-refractivity contribution in [1.29, 1.82) is 0 Å². The van der Waals surface area contributed by atoms with Crippen molar-refractivity contribution >= 4 is 17.6 Å². The van der Waals surface area contributed by atoms with Crippen LogP contribution in [0.4, 0.5) is 5.69 Å². The Balaban J connectivity index is 0.00000127. The molecule has 1 aromatic heterocycles. The monoisotopic (exact) mass is 314 g/mol. The third kappa shape index (κ3) is 4.92. The van der Waals surface area contributed by atoms with Gasteiger partial charge in [-0.1, -0.05) is 45.0 Å². The van der Waals surface area contributed by atoms with Crippen LogP contribution in [0.15, 0.2) is 36.5 Å². The molecule has 122 valence electrons. The summed E-state index contributed by atoms with van der Waals surface area (Å²) in [6, 6.07) is 9.55. The lowest BCUT2D eigenvalue weighted by atomic mass is 10.0. The van der Waals surface area contributed by atoms with Crippen molar-refractivity contribution in [2.45, 2.75) is 34.1 Å². The number of nitrogens with one attached hydrogen (secondary N) is 1. The number of aryl methyl sites for hydroxylation is 1. The highest BCUT2D eigenvalue weighted by Gasteiger charge is 2.14. The first-order valence-electron chi connectivity index (χ1n) is 7.61. The largest absolute Gasteiger partial charge is 0.476 e. The van der Waals surface area contributed by atoms with Gasteiger partial charge in [0.2, 0.25) is 5.91 Å². The van der Waals surface area contributed by atoms with Crippen molar-refractivity contribution in [3.63, 3.8) is 0 Å². The quantitative estimate of drug-likeness (QED) is 0.894. The van der Waals surface area contributed by atoms with Crippen molar-refractivity contribution in [3.05, 3.63) is 47.8 Å². The standard InChI is InChI=1S/C16H16N2O3.C2H6/c1-3-11-5-4-6-12(7-11)13-8-14(18-10(2)19)15(16(20)21)17-9-13;1-2/h4-9H,3H2,1-2H3,(H,18,19)(H,20,21);1-2H3. The Kier molecular flexibility index (Phi) is 6.93. The minimum absolute atomic E-state index is 0.166. The van der Waals surface area contributed by atoms with Gasteiger partial charge < -0.3 is 10.4 Å². The zero-order chi connectivity index (χ0) is 17.4. The van der Waals surface area contributed by atoms with E-state index in [1.54, 1.807) is 6.07 Å². The van der Waals surface area contributed by atoms with Gasteiger partial charge in [-0.2, -0.15) is 0 Å². The Morgan fingerprint density at radius 3 is 2.43 bits per heavy atom. The van der Waals surface area contributed by atoms with Crippen LogP contribution in [0.5, 0.6) is 0 Å². The zero-order valence-corrected chi connectivity index (χ0v) is 13.9. The maximum absolute atomic E-state index is 11.2. The van der Waals surface area contributed by atoms with Gasteiger partial charge >= 0.3 is 5.97 Å². The van der Waals surface area contributed by atoms with Crippen molar-refractivity contribution in [2.24, 2.45) is 0 Å². The van der Waals surface area contributed by atoms with E-state index in [0.29, 0.717) is 0 Å². The van der Waals surface area contributed by atoms with Gasteiger partial charge in [0.05, 0.1) is 5.69 Å². The number of carbonyl (C=O) groups excluding carboxylic acids is 1. The number of amides is 1. The van der Waals surface area contributed by atoms with Gasteiger partial charge in [-0.3, -0.25) is 4.79 Å². The molecule has 0 fully saturated rings. The molecule has 0 aliphatic carbocycles. The zero-order valence-electron chi connectivity index (χ0n) is 13.9. The SMILES string of the molecule is CC.CCc1cccc(-c2cnc(C(=O)O)c(NC(C)=O)c2)c1. The third-order valence-corrected chi connectivity index (χ3v) is 3.07. The van der Waals surface area contributed by atoms with Gasteiger partial charge in [0, 0.05) is 18.7 Å². The molecular formula is C18H22N2O3. The van der Waals surface area contributed by atoms with Crippen LogP contribution < -0.4 is 5.32 Å². The van der Waals surface area contributed by atoms with E-state index in [1.165, 1.54) is 18.7 Å². The van der Waals surface area contributed by atoms with E-state index >= 15 is 0 Å². The topological polar surface area (TPSA) is 79.3 Å². The van der Waals surface area contributed by atoms with Crippen molar-refractivity contribution in [1.82, 2.24) is 4.98 Å². The fourth-order valence-electron chi connectivity index (χ4n) is 2.05. The van der Waals surface area contributed by atoms with E-state index in [4.69, 9.17) is 5.11 Å². The van der Waals surface area contributed by atoms with Gasteiger partial charge in [0.25, 0.3) is 0 Å². The summed E-state index contributed by atoms with van der Waals surface area (Å²) in [6.45, 7) is 7.39. The number of carboxylic acid groups (broad SMARTS) is 1. The number of hydrogen-bond acceptors (Lipinski definition) is 3. The van der Waals surface area contributed by atoms with E-state index < -0.39 is 5.97 Å². The molecule has 5 heteroatoms. The predicted molar refractivity (Wildman–Crippen MR) is 91.7 cm³/mol. The summed E-state index contributed by atoms with van der Waals surface area (Å²) in [5.41, 5.74) is 2.91.